The van der Waals surface area contributed by atoms with Crippen LogP contribution in [0, 0.1) is 0 Å². The molecule has 52 valence electrons. The molecule has 1 rings (SSSR count). The fraction of sp³-hybridized carbons (Fsp3) is 0.800. The van der Waals surface area contributed by atoms with Gasteiger partial charge in [-0.1, -0.05) is 0 Å². The predicted molar refractivity (Wildman–Crippen MR) is 28.5 cm³/mol. The summed E-state index contributed by atoms with van der Waals surface area (Å²) in [6.07, 6.45) is 0. The Morgan fingerprint density at radius 3 is 3.00 bits per heavy atom. The number of amides is 1. The molecule has 1 amide bonds. The summed E-state index contributed by atoms with van der Waals surface area (Å²) in [5.74, 6) is -0.260. The van der Waals surface area contributed by atoms with Gasteiger partial charge in [0.1, 0.15) is 6.61 Å². The van der Waals surface area contributed by atoms with E-state index in [2.05, 4.69) is 0 Å². The number of nitrogens with zero attached hydrogens (tertiary/aromatic N) is 1. The lowest BCUT2D eigenvalue weighted by Crippen LogP contribution is -2.40. The molecule has 0 aromatic heterocycles. The molecule has 1 heterocycles. The van der Waals surface area contributed by atoms with Crippen LogP contribution in [0.1, 0.15) is 0 Å². The van der Waals surface area contributed by atoms with Gasteiger partial charge in [-0.3, -0.25) is 4.79 Å². The average molecular weight is 133 g/mol. The van der Waals surface area contributed by atoms with E-state index in [1.54, 1.807) is 0 Å². The number of carbonyl (C=O) groups is 1. The molecule has 1 fully saturated rings. The number of morpholine rings is 1. The van der Waals surface area contributed by atoms with Gasteiger partial charge in [0.15, 0.2) is 6.80 Å². The summed E-state index contributed by atoms with van der Waals surface area (Å²) in [7, 11) is 0. The van der Waals surface area contributed by atoms with E-state index in [1.165, 1.54) is 0 Å². The highest BCUT2D eigenvalue weighted by molar-refractivity contribution is 5.77. The van der Waals surface area contributed by atoms with Gasteiger partial charge >= 0.3 is 0 Å². The largest absolute Gasteiger partial charge is 0.370 e. The summed E-state index contributed by atoms with van der Waals surface area (Å²) < 4.78 is 16.5. The molecule has 0 spiro atoms. The average Bonchev–Trinajstić information content (AvgIpc) is 1.89. The van der Waals surface area contributed by atoms with Crippen LogP contribution < -0.4 is 0 Å². The quantitative estimate of drug-likeness (QED) is 0.462. The van der Waals surface area contributed by atoms with E-state index in [0.29, 0.717) is 13.2 Å². The van der Waals surface area contributed by atoms with Crippen molar-refractivity contribution in [2.75, 3.05) is 26.6 Å². The van der Waals surface area contributed by atoms with Crippen molar-refractivity contribution in [1.29, 1.82) is 0 Å². The number of alkyl halides is 1. The molecule has 0 aliphatic carbocycles. The standard InChI is InChI=1S/C5H8FNO2/c6-4-7-1-2-9-3-5(7)8/h1-4H2. The van der Waals surface area contributed by atoms with Crippen LogP contribution >= 0.6 is 0 Å². The Kier molecular flexibility index (Phi) is 2.00. The molecule has 0 unspecified atom stereocenters. The molecule has 0 radical (unpaired) electrons. The lowest BCUT2D eigenvalue weighted by atomic mass is 10.4. The molecule has 3 nitrogen and oxygen atoms in total. The van der Waals surface area contributed by atoms with Crippen molar-refractivity contribution in [3.05, 3.63) is 0 Å². The van der Waals surface area contributed by atoms with E-state index in [4.69, 9.17) is 4.74 Å². The maximum Gasteiger partial charge on any atom is 0.250 e. The zero-order valence-electron chi connectivity index (χ0n) is 4.97. The van der Waals surface area contributed by atoms with Crippen molar-refractivity contribution in [3.8, 4) is 0 Å². The second-order valence-corrected chi connectivity index (χ2v) is 1.83. The van der Waals surface area contributed by atoms with E-state index in [0.717, 1.165) is 4.90 Å². The zero-order chi connectivity index (χ0) is 6.69. The molecule has 0 aromatic rings. The minimum atomic E-state index is -0.692. The lowest BCUT2D eigenvalue weighted by molar-refractivity contribution is -0.144. The highest BCUT2D eigenvalue weighted by Crippen LogP contribution is 1.97. The van der Waals surface area contributed by atoms with E-state index in [-0.39, 0.29) is 12.5 Å². The molecule has 1 aliphatic heterocycles. The van der Waals surface area contributed by atoms with Gasteiger partial charge in [0.25, 0.3) is 5.91 Å². The fourth-order valence-electron chi connectivity index (χ4n) is 0.677. The number of halogens is 1. The third kappa shape index (κ3) is 1.38. The molecule has 0 bridgehead atoms. The summed E-state index contributed by atoms with van der Waals surface area (Å²) in [4.78, 5) is 11.7. The van der Waals surface area contributed by atoms with Crippen molar-refractivity contribution in [2.24, 2.45) is 0 Å². The molecule has 1 saturated heterocycles. The van der Waals surface area contributed by atoms with Gasteiger partial charge in [-0.05, 0) is 0 Å². The SMILES string of the molecule is O=C1COCCN1CF. The fourth-order valence-corrected chi connectivity index (χ4v) is 0.677. The second kappa shape index (κ2) is 2.77. The predicted octanol–water partition coefficient (Wildman–Crippen LogP) is -0.228. The maximum atomic E-state index is 11.8. The maximum absolute atomic E-state index is 11.8. The van der Waals surface area contributed by atoms with E-state index in [9.17, 15) is 9.18 Å². The monoisotopic (exact) mass is 133 g/mol. The molecular weight excluding hydrogens is 125 g/mol. The van der Waals surface area contributed by atoms with Crippen molar-refractivity contribution in [1.82, 2.24) is 4.90 Å². The summed E-state index contributed by atoms with van der Waals surface area (Å²) in [6.45, 7) is 0.178. The first kappa shape index (κ1) is 6.48. The second-order valence-electron chi connectivity index (χ2n) is 1.83. The highest BCUT2D eigenvalue weighted by atomic mass is 19.1. The van der Waals surface area contributed by atoms with Crippen LogP contribution in [0.15, 0.2) is 0 Å². The number of hydrogen-bond acceptors (Lipinski definition) is 2. The van der Waals surface area contributed by atoms with Crippen LogP contribution in [0.5, 0.6) is 0 Å². The van der Waals surface area contributed by atoms with Crippen molar-refractivity contribution in [3.63, 3.8) is 0 Å². The van der Waals surface area contributed by atoms with Crippen LogP contribution in [0.2, 0.25) is 0 Å². The Labute approximate surface area is 52.4 Å². The normalized spacial score (nSPS) is 20.6. The Hall–Kier alpha value is -0.640. The van der Waals surface area contributed by atoms with Crippen LogP contribution in [0.25, 0.3) is 0 Å². The number of hydrogen-bond donors (Lipinski definition) is 0. The van der Waals surface area contributed by atoms with Crippen molar-refractivity contribution >= 4 is 5.91 Å². The number of carbonyl (C=O) groups excluding carboxylic acids is 1. The summed E-state index contributed by atoms with van der Waals surface area (Å²) in [5, 5.41) is 0. The van der Waals surface area contributed by atoms with Gasteiger partial charge in [-0.15, -0.1) is 0 Å². The third-order valence-corrected chi connectivity index (χ3v) is 1.23. The summed E-state index contributed by atoms with van der Waals surface area (Å²) in [5.41, 5.74) is 0. The lowest BCUT2D eigenvalue weighted by Gasteiger charge is -2.23. The first-order valence-electron chi connectivity index (χ1n) is 2.76. The molecule has 9 heavy (non-hydrogen) atoms. The smallest absolute Gasteiger partial charge is 0.250 e. The number of rotatable bonds is 1. The third-order valence-electron chi connectivity index (χ3n) is 1.23. The van der Waals surface area contributed by atoms with Crippen LogP contribution in [0.3, 0.4) is 0 Å². The Morgan fingerprint density at radius 2 is 2.56 bits per heavy atom. The molecule has 4 heteroatoms. The van der Waals surface area contributed by atoms with Crippen LogP contribution in [-0.2, 0) is 9.53 Å². The van der Waals surface area contributed by atoms with Gasteiger partial charge in [0, 0.05) is 6.54 Å². The van der Waals surface area contributed by atoms with E-state index < -0.39 is 6.80 Å². The number of ether oxygens (including phenoxy) is 1. The van der Waals surface area contributed by atoms with Gasteiger partial charge in [-0.2, -0.15) is 0 Å². The molecule has 0 N–H and O–H groups in total. The summed E-state index contributed by atoms with van der Waals surface area (Å²) in [6, 6.07) is 0. The summed E-state index contributed by atoms with van der Waals surface area (Å²) >= 11 is 0. The molecule has 0 aromatic carbocycles. The Balaban J connectivity index is 2.39. The van der Waals surface area contributed by atoms with E-state index in [1.807, 2.05) is 0 Å². The van der Waals surface area contributed by atoms with Crippen LogP contribution in [0.4, 0.5) is 4.39 Å². The minimum Gasteiger partial charge on any atom is -0.370 e. The van der Waals surface area contributed by atoms with Crippen LogP contribution in [-0.4, -0.2) is 37.4 Å². The molecule has 0 atom stereocenters. The van der Waals surface area contributed by atoms with E-state index >= 15 is 0 Å². The first-order valence-corrected chi connectivity index (χ1v) is 2.76. The van der Waals surface area contributed by atoms with Gasteiger partial charge in [0.05, 0.1) is 6.61 Å². The van der Waals surface area contributed by atoms with Gasteiger partial charge in [0.2, 0.25) is 0 Å². The van der Waals surface area contributed by atoms with Crippen molar-refractivity contribution in [2.45, 2.75) is 0 Å². The Bertz CT molecular complexity index is 118. The minimum absolute atomic E-state index is 0.0317. The molecular formula is C5H8FNO2. The highest BCUT2D eigenvalue weighted by Gasteiger charge is 2.16. The molecule has 0 saturated carbocycles. The molecule has 1 aliphatic rings. The van der Waals surface area contributed by atoms with Crippen molar-refractivity contribution < 1.29 is 13.9 Å². The topological polar surface area (TPSA) is 29.5 Å². The van der Waals surface area contributed by atoms with Gasteiger partial charge < -0.3 is 9.64 Å². The van der Waals surface area contributed by atoms with Gasteiger partial charge in [-0.25, -0.2) is 4.39 Å². The zero-order valence-corrected chi connectivity index (χ0v) is 4.97. The Morgan fingerprint density at radius 1 is 1.78 bits per heavy atom. The first-order chi connectivity index (χ1) is 4.34.